The topological polar surface area (TPSA) is 127 Å². The molecule has 0 saturated carbocycles. The smallest absolute Gasteiger partial charge is 0.407 e. The molecule has 1 amide bonds. The van der Waals surface area contributed by atoms with Gasteiger partial charge in [-0.15, -0.1) is 0 Å². The fourth-order valence-corrected chi connectivity index (χ4v) is 6.38. The number of carbonyl (C=O) groups is 1. The van der Waals surface area contributed by atoms with Crippen molar-refractivity contribution in [1.29, 1.82) is 0 Å². The van der Waals surface area contributed by atoms with Crippen LogP contribution in [0.25, 0.3) is 11.1 Å². The van der Waals surface area contributed by atoms with E-state index in [9.17, 15) is 18.3 Å². The number of rotatable bonds is 13. The van der Waals surface area contributed by atoms with Crippen LogP contribution in [0.2, 0.25) is 0 Å². The molecule has 1 aromatic heterocycles. The summed E-state index contributed by atoms with van der Waals surface area (Å²) in [6.07, 6.45) is 2.05. The molecule has 3 atom stereocenters. The first kappa shape index (κ1) is 31.4. The van der Waals surface area contributed by atoms with Crippen molar-refractivity contribution in [2.75, 3.05) is 33.4 Å². The molecule has 1 saturated heterocycles. The molecule has 1 aliphatic rings. The van der Waals surface area contributed by atoms with E-state index in [0.29, 0.717) is 25.4 Å². The van der Waals surface area contributed by atoms with Gasteiger partial charge in [0.05, 0.1) is 37.4 Å². The molecule has 10 nitrogen and oxygen atoms in total. The third-order valence-corrected chi connectivity index (χ3v) is 8.84. The summed E-state index contributed by atoms with van der Waals surface area (Å²) in [6.45, 7) is 4.60. The lowest BCUT2D eigenvalue weighted by Crippen LogP contribution is -2.51. The molecular weight excluding hydrogens is 558 g/mol. The number of hydrogen-bond donors (Lipinski definition) is 2. The van der Waals surface area contributed by atoms with Crippen molar-refractivity contribution < 1.29 is 32.5 Å². The van der Waals surface area contributed by atoms with E-state index in [0.717, 1.165) is 16.7 Å². The first-order valence-corrected chi connectivity index (χ1v) is 15.5. The van der Waals surface area contributed by atoms with Gasteiger partial charge in [-0.25, -0.2) is 13.2 Å². The average Bonchev–Trinajstić information content (AvgIpc) is 3.50. The van der Waals surface area contributed by atoms with Crippen molar-refractivity contribution in [1.82, 2.24) is 14.6 Å². The summed E-state index contributed by atoms with van der Waals surface area (Å²) in [5.74, 6) is 0.526. The molecule has 3 aromatic rings. The van der Waals surface area contributed by atoms with Crippen LogP contribution < -0.4 is 10.1 Å². The number of nitrogens with one attached hydrogen (secondary N) is 1. The molecule has 0 spiro atoms. The lowest BCUT2D eigenvalue weighted by molar-refractivity contribution is 0.0644. The van der Waals surface area contributed by atoms with E-state index in [1.807, 2.05) is 50.2 Å². The van der Waals surface area contributed by atoms with Gasteiger partial charge in [0.2, 0.25) is 10.0 Å². The Morgan fingerprint density at radius 1 is 1.10 bits per heavy atom. The summed E-state index contributed by atoms with van der Waals surface area (Å²) < 4.78 is 44.5. The van der Waals surface area contributed by atoms with Gasteiger partial charge in [0, 0.05) is 31.9 Å². The van der Waals surface area contributed by atoms with Crippen molar-refractivity contribution >= 4 is 16.1 Å². The van der Waals surface area contributed by atoms with Gasteiger partial charge in [-0.2, -0.15) is 4.31 Å². The minimum Gasteiger partial charge on any atom is -0.497 e. The van der Waals surface area contributed by atoms with Crippen molar-refractivity contribution in [2.45, 2.75) is 49.8 Å². The standard InChI is InChI=1S/C31H39N3O7S/c1-22(2)19-34(42(37,38)28-12-10-26(39-3)11-13-28)20-30(35)29(33-31(36)41-27-14-16-40-21-27)17-23-6-8-24(9-7-23)25-5-4-15-32-18-25/h4-13,15,18,22,27,29-30,35H,14,16-17,19-21H2,1-3H3,(H,33,36)/t27-,29-,30+/m0/s1. The molecule has 226 valence electrons. The summed E-state index contributed by atoms with van der Waals surface area (Å²) in [5.41, 5.74) is 2.80. The molecule has 4 rings (SSSR count). The first-order valence-electron chi connectivity index (χ1n) is 14.0. The Kier molecular flexibility index (Phi) is 10.9. The van der Waals surface area contributed by atoms with E-state index in [2.05, 4.69) is 10.3 Å². The average molecular weight is 598 g/mol. The molecule has 1 fully saturated rings. The van der Waals surface area contributed by atoms with Crippen molar-refractivity contribution in [3.63, 3.8) is 0 Å². The number of benzene rings is 2. The quantitative estimate of drug-likeness (QED) is 0.304. The third-order valence-electron chi connectivity index (χ3n) is 6.99. The predicted octanol–water partition coefficient (Wildman–Crippen LogP) is 3.89. The number of methoxy groups -OCH3 is 1. The number of sulfonamides is 1. The number of nitrogens with zero attached hydrogens (tertiary/aromatic N) is 2. The normalized spacial score (nSPS) is 16.8. The van der Waals surface area contributed by atoms with E-state index >= 15 is 0 Å². The molecule has 0 unspecified atom stereocenters. The number of ether oxygens (including phenoxy) is 3. The summed E-state index contributed by atoms with van der Waals surface area (Å²) in [7, 11) is -2.45. The van der Waals surface area contributed by atoms with Crippen LogP contribution in [0.5, 0.6) is 5.75 Å². The zero-order chi connectivity index (χ0) is 30.1. The fraction of sp³-hybridized carbons (Fsp3) is 0.419. The largest absolute Gasteiger partial charge is 0.497 e. The van der Waals surface area contributed by atoms with Crippen LogP contribution in [0.1, 0.15) is 25.8 Å². The summed E-state index contributed by atoms with van der Waals surface area (Å²) in [5, 5.41) is 14.2. The molecule has 11 heteroatoms. The number of alkyl carbamates (subject to hydrolysis) is 1. The van der Waals surface area contributed by atoms with E-state index in [-0.39, 0.29) is 36.4 Å². The number of aromatic nitrogens is 1. The lowest BCUT2D eigenvalue weighted by Gasteiger charge is -2.30. The summed E-state index contributed by atoms with van der Waals surface area (Å²) in [4.78, 5) is 17.1. The molecule has 42 heavy (non-hydrogen) atoms. The monoisotopic (exact) mass is 597 g/mol. The van der Waals surface area contributed by atoms with Crippen LogP contribution in [0, 0.1) is 5.92 Å². The summed E-state index contributed by atoms with van der Waals surface area (Å²) in [6, 6.07) is 16.9. The van der Waals surface area contributed by atoms with Gasteiger partial charge in [-0.05, 0) is 59.4 Å². The van der Waals surface area contributed by atoms with Gasteiger partial charge in [0.15, 0.2) is 0 Å². The minimum absolute atomic E-state index is 0.0102. The zero-order valence-corrected chi connectivity index (χ0v) is 25.0. The highest BCUT2D eigenvalue weighted by atomic mass is 32.2. The molecule has 0 radical (unpaired) electrons. The second-order valence-electron chi connectivity index (χ2n) is 10.7. The molecule has 1 aliphatic heterocycles. The van der Waals surface area contributed by atoms with Gasteiger partial charge in [-0.1, -0.05) is 44.2 Å². The number of amides is 1. The van der Waals surface area contributed by atoms with Crippen LogP contribution in [-0.2, 0) is 25.9 Å². The fourth-order valence-electron chi connectivity index (χ4n) is 4.76. The Morgan fingerprint density at radius 3 is 2.43 bits per heavy atom. The van der Waals surface area contributed by atoms with E-state index < -0.39 is 28.3 Å². The highest BCUT2D eigenvalue weighted by molar-refractivity contribution is 7.89. The number of pyridine rings is 1. The van der Waals surface area contributed by atoms with Gasteiger partial charge in [0.25, 0.3) is 0 Å². The van der Waals surface area contributed by atoms with Crippen LogP contribution in [-0.4, -0.2) is 80.6 Å². The maximum Gasteiger partial charge on any atom is 0.407 e. The van der Waals surface area contributed by atoms with Crippen LogP contribution >= 0.6 is 0 Å². The molecule has 0 aliphatic carbocycles. The number of aliphatic hydroxyl groups excluding tert-OH is 1. The maximum atomic E-state index is 13.7. The van der Waals surface area contributed by atoms with Crippen molar-refractivity contribution in [3.8, 4) is 16.9 Å². The zero-order valence-electron chi connectivity index (χ0n) is 24.2. The van der Waals surface area contributed by atoms with Gasteiger partial charge in [0.1, 0.15) is 11.9 Å². The molecule has 2 aromatic carbocycles. The van der Waals surface area contributed by atoms with Gasteiger partial charge < -0.3 is 24.6 Å². The molecule has 0 bridgehead atoms. The van der Waals surface area contributed by atoms with Crippen LogP contribution in [0.15, 0.2) is 78.0 Å². The van der Waals surface area contributed by atoms with E-state index in [4.69, 9.17) is 14.2 Å². The Morgan fingerprint density at radius 2 is 1.83 bits per heavy atom. The molecule has 2 N–H and O–H groups in total. The number of hydrogen-bond acceptors (Lipinski definition) is 8. The van der Waals surface area contributed by atoms with Crippen molar-refractivity contribution in [2.24, 2.45) is 5.92 Å². The van der Waals surface area contributed by atoms with Gasteiger partial charge >= 0.3 is 6.09 Å². The van der Waals surface area contributed by atoms with Gasteiger partial charge in [-0.3, -0.25) is 4.98 Å². The highest BCUT2D eigenvalue weighted by Gasteiger charge is 2.32. The Balaban J connectivity index is 1.55. The molecule has 2 heterocycles. The molecular formula is C31H39N3O7S. The number of aliphatic hydroxyl groups is 1. The highest BCUT2D eigenvalue weighted by Crippen LogP contribution is 2.23. The van der Waals surface area contributed by atoms with Crippen LogP contribution in [0.3, 0.4) is 0 Å². The van der Waals surface area contributed by atoms with Crippen LogP contribution in [0.4, 0.5) is 4.79 Å². The maximum absolute atomic E-state index is 13.7. The second-order valence-corrected chi connectivity index (χ2v) is 12.7. The second kappa shape index (κ2) is 14.6. The Hall–Kier alpha value is -3.51. The lowest BCUT2D eigenvalue weighted by atomic mass is 9.98. The van der Waals surface area contributed by atoms with E-state index in [1.165, 1.54) is 23.5 Å². The predicted molar refractivity (Wildman–Crippen MR) is 159 cm³/mol. The minimum atomic E-state index is -3.95. The Bertz CT molecular complexity index is 1380. The first-order chi connectivity index (χ1) is 20.2. The van der Waals surface area contributed by atoms with Crippen molar-refractivity contribution in [3.05, 3.63) is 78.6 Å². The van der Waals surface area contributed by atoms with E-state index in [1.54, 1.807) is 24.5 Å². The summed E-state index contributed by atoms with van der Waals surface area (Å²) >= 11 is 0. The SMILES string of the molecule is COc1ccc(S(=O)(=O)N(CC(C)C)C[C@@H](O)[C@H](Cc2ccc(-c3cccnc3)cc2)NC(=O)O[C@H]2CCOC2)cc1. The number of carbonyl (C=O) groups excluding carboxylic acids is 1. The Labute approximate surface area is 247 Å². The third kappa shape index (κ3) is 8.51.